The smallest absolute Gasteiger partial charge is 0.312 e. The van der Waals surface area contributed by atoms with Crippen molar-refractivity contribution in [3.63, 3.8) is 0 Å². The molecule has 2 aromatic carbocycles. The first kappa shape index (κ1) is 19.0. The molecule has 0 atom stereocenters. The third kappa shape index (κ3) is 3.50. The number of nitrogens with zero attached hydrogens (tertiary/aromatic N) is 4. The van der Waals surface area contributed by atoms with Crippen LogP contribution in [0.25, 0.3) is 11.2 Å². The number of nitrogen functional groups attached to an aromatic ring is 1. The monoisotopic (exact) mass is 443 g/mol. The first-order chi connectivity index (χ1) is 14.6. The first-order valence-electron chi connectivity index (χ1n) is 9.08. The number of aryl methyl sites for hydroxylation is 2. The van der Waals surface area contributed by atoms with Crippen LogP contribution in [0.1, 0.15) is 5.56 Å². The second kappa shape index (κ2) is 7.66. The van der Waals surface area contributed by atoms with Crippen molar-refractivity contribution in [3.8, 4) is 11.5 Å². The molecular formula is C20H15ClFN5O2S. The van der Waals surface area contributed by atoms with Crippen LogP contribution in [0.15, 0.2) is 52.5 Å². The van der Waals surface area contributed by atoms with Crippen LogP contribution in [0, 0.1) is 6.08 Å². The molecule has 0 saturated heterocycles. The molecule has 0 radical (unpaired) electrons. The Kier molecular flexibility index (Phi) is 4.84. The molecule has 3 heterocycles. The number of imidazole rings is 1. The fraction of sp³-hybridized carbons (Fsp3) is 0.150. The highest BCUT2D eigenvalue weighted by Crippen LogP contribution is 2.38. The van der Waals surface area contributed by atoms with E-state index in [1.165, 1.54) is 11.8 Å². The van der Waals surface area contributed by atoms with Gasteiger partial charge >= 0.3 is 6.08 Å². The van der Waals surface area contributed by atoms with E-state index in [-0.39, 0.29) is 12.6 Å². The van der Waals surface area contributed by atoms with Gasteiger partial charge in [0, 0.05) is 16.5 Å². The van der Waals surface area contributed by atoms with Gasteiger partial charge in [0.2, 0.25) is 6.79 Å². The van der Waals surface area contributed by atoms with Crippen LogP contribution in [0.2, 0.25) is 5.02 Å². The molecule has 2 aromatic heterocycles. The summed E-state index contributed by atoms with van der Waals surface area (Å²) >= 11 is 7.69. The van der Waals surface area contributed by atoms with E-state index in [2.05, 4.69) is 15.0 Å². The summed E-state index contributed by atoms with van der Waals surface area (Å²) in [5, 5.41) is 1.29. The molecule has 7 nitrogen and oxygen atoms in total. The fourth-order valence-corrected chi connectivity index (χ4v) is 4.40. The van der Waals surface area contributed by atoms with Gasteiger partial charge in [0.15, 0.2) is 33.6 Å². The second-order valence-corrected chi connectivity index (χ2v) is 8.00. The summed E-state index contributed by atoms with van der Waals surface area (Å²) in [6, 6.07) is 13.2. The van der Waals surface area contributed by atoms with E-state index in [4.69, 9.17) is 26.8 Å². The zero-order valence-electron chi connectivity index (χ0n) is 15.5. The lowest BCUT2D eigenvalue weighted by Gasteiger charge is -2.10. The topological polar surface area (TPSA) is 88.1 Å². The standard InChI is InChI=1S/C20H15ClFN5O2S/c21-13-4-2-1-3-11(13)7-8-27-18-16(17(23)25-19(22)26-18)24-20(27)30-12-5-6-14-15(9-12)29-10-28-14/h1-6,9H,7-8,10H2,(H2,23,25,26). The van der Waals surface area contributed by atoms with Crippen LogP contribution in [0.3, 0.4) is 0 Å². The number of hydrogen-bond donors (Lipinski definition) is 1. The van der Waals surface area contributed by atoms with Crippen molar-refractivity contribution in [3.05, 3.63) is 59.1 Å². The maximum Gasteiger partial charge on any atom is 0.312 e. The molecule has 0 bridgehead atoms. The van der Waals surface area contributed by atoms with Gasteiger partial charge < -0.3 is 19.8 Å². The number of ether oxygens (including phenoxy) is 2. The summed E-state index contributed by atoms with van der Waals surface area (Å²) in [4.78, 5) is 13.0. The lowest BCUT2D eigenvalue weighted by atomic mass is 10.1. The van der Waals surface area contributed by atoms with Gasteiger partial charge in [0.1, 0.15) is 0 Å². The zero-order valence-corrected chi connectivity index (χ0v) is 17.1. The van der Waals surface area contributed by atoms with E-state index in [9.17, 15) is 4.39 Å². The molecule has 10 heteroatoms. The third-order valence-corrected chi connectivity index (χ3v) is 6.03. The molecule has 0 amide bonds. The van der Waals surface area contributed by atoms with Crippen molar-refractivity contribution in [2.75, 3.05) is 12.5 Å². The minimum absolute atomic E-state index is 0.00142. The molecule has 0 saturated carbocycles. The molecule has 5 rings (SSSR count). The molecule has 30 heavy (non-hydrogen) atoms. The minimum Gasteiger partial charge on any atom is -0.454 e. The van der Waals surface area contributed by atoms with Gasteiger partial charge in [-0.2, -0.15) is 14.4 Å². The van der Waals surface area contributed by atoms with E-state index in [1.807, 2.05) is 47.0 Å². The van der Waals surface area contributed by atoms with Crippen molar-refractivity contribution in [2.45, 2.75) is 23.0 Å². The molecular weight excluding hydrogens is 429 g/mol. The Balaban J connectivity index is 1.54. The summed E-state index contributed by atoms with van der Waals surface area (Å²) in [7, 11) is 0. The molecule has 0 spiro atoms. The first-order valence-corrected chi connectivity index (χ1v) is 10.3. The van der Waals surface area contributed by atoms with Gasteiger partial charge in [-0.25, -0.2) is 4.98 Å². The van der Waals surface area contributed by atoms with Crippen LogP contribution < -0.4 is 15.2 Å². The second-order valence-electron chi connectivity index (χ2n) is 6.55. The van der Waals surface area contributed by atoms with E-state index in [0.29, 0.717) is 45.8 Å². The predicted octanol–water partition coefficient (Wildman–Crippen LogP) is 4.32. The van der Waals surface area contributed by atoms with Crippen LogP contribution >= 0.6 is 23.4 Å². The minimum atomic E-state index is -0.890. The summed E-state index contributed by atoms with van der Waals surface area (Å²) in [5.74, 6) is 1.37. The van der Waals surface area contributed by atoms with E-state index in [0.717, 1.165) is 10.5 Å². The largest absolute Gasteiger partial charge is 0.454 e. The molecule has 2 N–H and O–H groups in total. The summed E-state index contributed by atoms with van der Waals surface area (Å²) in [6.07, 6.45) is -0.274. The Morgan fingerprint density at radius 3 is 2.80 bits per heavy atom. The van der Waals surface area contributed by atoms with E-state index in [1.54, 1.807) is 0 Å². The van der Waals surface area contributed by atoms with Gasteiger partial charge in [0.05, 0.1) is 0 Å². The van der Waals surface area contributed by atoms with Crippen LogP contribution in [-0.4, -0.2) is 26.3 Å². The van der Waals surface area contributed by atoms with Crippen molar-refractivity contribution in [2.24, 2.45) is 0 Å². The fourth-order valence-electron chi connectivity index (χ4n) is 3.23. The Bertz CT molecular complexity index is 1270. The normalized spacial score (nSPS) is 12.6. The van der Waals surface area contributed by atoms with Crippen molar-refractivity contribution < 1.29 is 13.9 Å². The summed E-state index contributed by atoms with van der Waals surface area (Å²) in [5.41, 5.74) is 7.58. The van der Waals surface area contributed by atoms with Gasteiger partial charge in [0.25, 0.3) is 0 Å². The molecule has 0 fully saturated rings. The third-order valence-electron chi connectivity index (χ3n) is 4.68. The summed E-state index contributed by atoms with van der Waals surface area (Å²) < 4.78 is 26.5. The molecule has 0 aliphatic carbocycles. The van der Waals surface area contributed by atoms with Crippen LogP contribution in [-0.2, 0) is 13.0 Å². The van der Waals surface area contributed by atoms with Crippen LogP contribution in [0.5, 0.6) is 11.5 Å². The number of anilines is 1. The average Bonchev–Trinajstić information content (AvgIpc) is 3.32. The number of aromatic nitrogens is 4. The van der Waals surface area contributed by atoms with Crippen LogP contribution in [0.4, 0.5) is 10.2 Å². The maximum atomic E-state index is 13.9. The Morgan fingerprint density at radius 1 is 1.10 bits per heavy atom. The van der Waals surface area contributed by atoms with Gasteiger partial charge in [-0.05, 0) is 36.2 Å². The SMILES string of the molecule is Nc1nc(F)nc2c1nc(Sc1ccc3c(c1)OCO3)n2CCc1ccccc1Cl. The Labute approximate surface area is 180 Å². The number of halogens is 2. The number of rotatable bonds is 5. The van der Waals surface area contributed by atoms with Crippen molar-refractivity contribution in [1.82, 2.24) is 19.5 Å². The lowest BCUT2D eigenvalue weighted by molar-refractivity contribution is 0.174. The molecule has 4 aromatic rings. The lowest BCUT2D eigenvalue weighted by Crippen LogP contribution is -2.06. The Hall–Kier alpha value is -3.04. The highest BCUT2D eigenvalue weighted by molar-refractivity contribution is 7.99. The number of benzene rings is 2. The molecule has 1 aliphatic heterocycles. The van der Waals surface area contributed by atoms with Crippen molar-refractivity contribution >= 4 is 40.3 Å². The number of fused-ring (bicyclic) bond motifs is 2. The highest BCUT2D eigenvalue weighted by Gasteiger charge is 2.20. The quantitative estimate of drug-likeness (QED) is 0.459. The van der Waals surface area contributed by atoms with Gasteiger partial charge in [-0.3, -0.25) is 0 Å². The molecule has 0 unspecified atom stereocenters. The van der Waals surface area contributed by atoms with E-state index >= 15 is 0 Å². The molecule has 152 valence electrons. The van der Waals surface area contributed by atoms with Gasteiger partial charge in [-0.1, -0.05) is 41.6 Å². The number of hydrogen-bond acceptors (Lipinski definition) is 7. The van der Waals surface area contributed by atoms with Gasteiger partial charge in [-0.15, -0.1) is 0 Å². The average molecular weight is 444 g/mol. The van der Waals surface area contributed by atoms with Crippen molar-refractivity contribution in [1.29, 1.82) is 0 Å². The maximum absolute atomic E-state index is 13.9. The van der Waals surface area contributed by atoms with E-state index < -0.39 is 6.08 Å². The zero-order chi connectivity index (χ0) is 20.7. The molecule has 1 aliphatic rings. The highest BCUT2D eigenvalue weighted by atomic mass is 35.5. The number of nitrogens with two attached hydrogens (primary N) is 1. The predicted molar refractivity (Wildman–Crippen MR) is 112 cm³/mol. The Morgan fingerprint density at radius 2 is 1.93 bits per heavy atom. The summed E-state index contributed by atoms with van der Waals surface area (Å²) in [6.45, 7) is 0.689.